The molecule has 1 aliphatic carbocycles. The molecule has 0 heterocycles. The zero-order valence-electron chi connectivity index (χ0n) is 15.0. The summed E-state index contributed by atoms with van der Waals surface area (Å²) < 4.78 is 34.8. The van der Waals surface area contributed by atoms with Gasteiger partial charge in [-0.05, 0) is 24.8 Å². The molecule has 1 aliphatic rings. The topological polar surface area (TPSA) is 54.0 Å². The molecule has 0 bridgehead atoms. The lowest BCUT2D eigenvalue weighted by atomic mass is 9.78. The van der Waals surface area contributed by atoms with Gasteiger partial charge in [0, 0.05) is 19.6 Å². The molecule has 0 aliphatic heterocycles. The van der Waals surface area contributed by atoms with Crippen molar-refractivity contribution >= 4 is 8.25 Å². The Morgan fingerprint density at radius 2 is 1.79 bits per heavy atom. The van der Waals surface area contributed by atoms with Crippen LogP contribution in [-0.4, -0.2) is 32.5 Å². The number of benzene rings is 1. The molecule has 5 nitrogen and oxygen atoms in total. The van der Waals surface area contributed by atoms with Crippen LogP contribution < -0.4 is 0 Å². The summed E-state index contributed by atoms with van der Waals surface area (Å²) in [5.41, 5.74) is 0.954. The highest BCUT2D eigenvalue weighted by molar-refractivity contribution is 7.33. The van der Waals surface area contributed by atoms with Gasteiger partial charge in [0.15, 0.2) is 0 Å². The molecule has 0 saturated heterocycles. The first-order valence-electron chi connectivity index (χ1n) is 8.53. The second-order valence-corrected chi connectivity index (χ2v) is 7.34. The van der Waals surface area contributed by atoms with Crippen LogP contribution in [-0.2, 0) is 29.7 Å². The van der Waals surface area contributed by atoms with Crippen LogP contribution in [0.5, 0.6) is 0 Å². The first-order chi connectivity index (χ1) is 11.6. The molecule has 4 atom stereocenters. The first kappa shape index (κ1) is 19.6. The normalized spacial score (nSPS) is 27.2. The van der Waals surface area contributed by atoms with Gasteiger partial charge in [0.2, 0.25) is 0 Å². The fourth-order valence-electron chi connectivity index (χ4n) is 3.72. The van der Waals surface area contributed by atoms with Gasteiger partial charge in [0.1, 0.15) is 6.10 Å². The Hall–Kier alpha value is -0.710. The minimum atomic E-state index is -2.63. The molecule has 6 heteroatoms. The SMILES string of the molecule is CCC1(CC)CC(OC)C(O[PH](=O)OCc2ccccc2)C1OC. The van der Waals surface area contributed by atoms with Crippen molar-refractivity contribution < 1.29 is 23.1 Å². The van der Waals surface area contributed by atoms with E-state index >= 15 is 0 Å². The quantitative estimate of drug-likeness (QED) is 0.620. The molecule has 0 spiro atoms. The van der Waals surface area contributed by atoms with E-state index in [-0.39, 0.29) is 30.3 Å². The van der Waals surface area contributed by atoms with Crippen LogP contribution in [0, 0.1) is 5.41 Å². The highest BCUT2D eigenvalue weighted by Crippen LogP contribution is 2.49. The number of methoxy groups -OCH3 is 2. The zero-order valence-corrected chi connectivity index (χ0v) is 16.0. The van der Waals surface area contributed by atoms with Gasteiger partial charge in [-0.15, -0.1) is 0 Å². The van der Waals surface area contributed by atoms with E-state index in [9.17, 15) is 4.57 Å². The monoisotopic (exact) mass is 356 g/mol. The standard InChI is InChI=1S/C18H29O5P/c1-5-18(6-2)12-15(20-3)16(17(18)21-4)23-24(19)22-13-14-10-8-7-9-11-14/h7-11,15-17,24H,5-6,12-13H2,1-4H3. The molecule has 0 N–H and O–H groups in total. The van der Waals surface area contributed by atoms with Crippen molar-refractivity contribution in [2.75, 3.05) is 14.2 Å². The Morgan fingerprint density at radius 3 is 2.33 bits per heavy atom. The molecular weight excluding hydrogens is 327 g/mol. The minimum Gasteiger partial charge on any atom is -0.379 e. The summed E-state index contributed by atoms with van der Waals surface area (Å²) in [5, 5.41) is 0. The lowest BCUT2D eigenvalue weighted by Gasteiger charge is -2.34. The maximum atomic E-state index is 12.3. The predicted octanol–water partition coefficient (Wildman–Crippen LogP) is 4.22. The Morgan fingerprint density at radius 1 is 1.12 bits per heavy atom. The molecular formula is C18H29O5P. The van der Waals surface area contributed by atoms with Crippen molar-refractivity contribution in [1.29, 1.82) is 0 Å². The highest BCUT2D eigenvalue weighted by atomic mass is 31.1. The second kappa shape index (κ2) is 9.12. The Bertz CT molecular complexity index is 517. The van der Waals surface area contributed by atoms with Crippen molar-refractivity contribution in [1.82, 2.24) is 0 Å². The molecule has 1 fully saturated rings. The molecule has 1 aromatic rings. The molecule has 0 radical (unpaired) electrons. The number of hydrogen-bond donors (Lipinski definition) is 0. The van der Waals surface area contributed by atoms with Crippen molar-refractivity contribution in [2.45, 2.75) is 58.0 Å². The van der Waals surface area contributed by atoms with Crippen molar-refractivity contribution in [3.63, 3.8) is 0 Å². The third-order valence-electron chi connectivity index (χ3n) is 5.27. The van der Waals surface area contributed by atoms with Gasteiger partial charge in [-0.3, -0.25) is 4.57 Å². The van der Waals surface area contributed by atoms with Crippen LogP contribution in [0.15, 0.2) is 30.3 Å². The fourth-order valence-corrected chi connectivity index (χ4v) is 4.57. The number of ether oxygens (including phenoxy) is 2. The summed E-state index contributed by atoms with van der Waals surface area (Å²) in [4.78, 5) is 0. The summed E-state index contributed by atoms with van der Waals surface area (Å²) in [7, 11) is 0.715. The molecule has 4 unspecified atom stereocenters. The summed E-state index contributed by atoms with van der Waals surface area (Å²) >= 11 is 0. The molecule has 1 aromatic carbocycles. The van der Waals surface area contributed by atoms with Crippen molar-refractivity contribution in [2.24, 2.45) is 5.41 Å². The van der Waals surface area contributed by atoms with Crippen LogP contribution >= 0.6 is 8.25 Å². The van der Waals surface area contributed by atoms with Crippen LogP contribution in [0.1, 0.15) is 38.7 Å². The van der Waals surface area contributed by atoms with Gasteiger partial charge in [-0.2, -0.15) is 0 Å². The fraction of sp³-hybridized carbons (Fsp3) is 0.667. The molecule has 24 heavy (non-hydrogen) atoms. The van der Waals surface area contributed by atoms with Gasteiger partial charge in [-0.1, -0.05) is 44.2 Å². The van der Waals surface area contributed by atoms with E-state index in [2.05, 4.69) is 13.8 Å². The van der Waals surface area contributed by atoms with Gasteiger partial charge >= 0.3 is 8.25 Å². The lowest BCUT2D eigenvalue weighted by Crippen LogP contribution is -2.39. The molecule has 0 aromatic heterocycles. The molecule has 136 valence electrons. The lowest BCUT2D eigenvalue weighted by molar-refractivity contribution is -0.0664. The second-order valence-electron chi connectivity index (χ2n) is 6.31. The Kier molecular flexibility index (Phi) is 7.45. The van der Waals surface area contributed by atoms with E-state index in [1.165, 1.54) is 0 Å². The largest absolute Gasteiger partial charge is 0.379 e. The van der Waals surface area contributed by atoms with E-state index < -0.39 is 8.25 Å². The summed E-state index contributed by atoms with van der Waals surface area (Å²) in [5.74, 6) is 0. The third kappa shape index (κ3) is 4.27. The van der Waals surface area contributed by atoms with Gasteiger partial charge in [-0.25, -0.2) is 0 Å². The molecule has 2 rings (SSSR count). The zero-order chi connectivity index (χ0) is 17.6. The maximum Gasteiger partial charge on any atom is 0.319 e. The summed E-state index contributed by atoms with van der Waals surface area (Å²) in [6.07, 6.45) is 2.12. The minimum absolute atomic E-state index is 0.0122. The predicted molar refractivity (Wildman–Crippen MR) is 94.3 cm³/mol. The van der Waals surface area contributed by atoms with Crippen molar-refractivity contribution in [3.05, 3.63) is 35.9 Å². The average Bonchev–Trinajstić information content (AvgIpc) is 2.94. The van der Waals surface area contributed by atoms with E-state index in [1.54, 1.807) is 14.2 Å². The summed E-state index contributed by atoms with van der Waals surface area (Å²) in [6, 6.07) is 9.64. The first-order valence-corrected chi connectivity index (χ1v) is 9.75. The van der Waals surface area contributed by atoms with Crippen LogP contribution in [0.2, 0.25) is 0 Å². The van der Waals surface area contributed by atoms with Crippen LogP contribution in [0.3, 0.4) is 0 Å². The van der Waals surface area contributed by atoms with Gasteiger partial charge in [0.05, 0.1) is 18.8 Å². The van der Waals surface area contributed by atoms with E-state index in [0.29, 0.717) is 0 Å². The highest BCUT2D eigenvalue weighted by Gasteiger charge is 2.53. The number of hydrogen-bond acceptors (Lipinski definition) is 5. The average molecular weight is 356 g/mol. The van der Waals surface area contributed by atoms with Crippen LogP contribution in [0.25, 0.3) is 0 Å². The third-order valence-corrected chi connectivity index (χ3v) is 6.12. The Labute approximate surface area is 145 Å². The van der Waals surface area contributed by atoms with Gasteiger partial charge in [0.25, 0.3) is 0 Å². The molecule has 0 amide bonds. The maximum absolute atomic E-state index is 12.3. The number of rotatable bonds is 9. The van der Waals surface area contributed by atoms with E-state index in [1.807, 2.05) is 30.3 Å². The summed E-state index contributed by atoms with van der Waals surface area (Å²) in [6.45, 7) is 4.58. The van der Waals surface area contributed by atoms with Crippen molar-refractivity contribution in [3.8, 4) is 0 Å². The Balaban J connectivity index is 2.01. The molecule has 1 saturated carbocycles. The van der Waals surface area contributed by atoms with Crippen LogP contribution in [0.4, 0.5) is 0 Å². The van der Waals surface area contributed by atoms with Gasteiger partial charge < -0.3 is 18.5 Å². The van der Waals surface area contributed by atoms with E-state index in [0.717, 1.165) is 24.8 Å². The smallest absolute Gasteiger partial charge is 0.319 e. The van der Waals surface area contributed by atoms with E-state index in [4.69, 9.17) is 18.5 Å².